The number of ether oxygens (including phenoxy) is 1. The first-order valence-corrected chi connectivity index (χ1v) is 12.1. The summed E-state index contributed by atoms with van der Waals surface area (Å²) in [7, 11) is 0. The topological polar surface area (TPSA) is 143 Å². The highest BCUT2D eigenvalue weighted by atomic mass is 16.5. The highest BCUT2D eigenvalue weighted by molar-refractivity contribution is 5.85. The lowest BCUT2D eigenvalue weighted by atomic mass is 10.1. The van der Waals surface area contributed by atoms with Gasteiger partial charge in [0.1, 0.15) is 5.82 Å². The molecule has 12 heteroatoms. The highest BCUT2D eigenvalue weighted by Gasteiger charge is 2.40. The lowest BCUT2D eigenvalue weighted by molar-refractivity contribution is -0.136. The molecule has 0 unspecified atom stereocenters. The van der Waals surface area contributed by atoms with Gasteiger partial charge in [-0.05, 0) is 13.3 Å². The van der Waals surface area contributed by atoms with Gasteiger partial charge in [-0.2, -0.15) is 4.98 Å². The van der Waals surface area contributed by atoms with Crippen molar-refractivity contribution in [3.63, 3.8) is 0 Å². The zero-order chi connectivity index (χ0) is 24.5. The molecule has 5 rings (SSSR count). The number of carbonyl (C=O) groups excluding carboxylic acids is 2. The monoisotopic (exact) mass is 481 g/mol. The molecule has 2 aromatic heterocycles. The zero-order valence-corrected chi connectivity index (χ0v) is 20.1. The van der Waals surface area contributed by atoms with Crippen LogP contribution in [0.25, 0.3) is 11.3 Å². The molecule has 186 valence electrons. The van der Waals surface area contributed by atoms with E-state index in [2.05, 4.69) is 32.0 Å². The van der Waals surface area contributed by atoms with Crippen LogP contribution in [0, 0.1) is 0 Å². The Bertz CT molecular complexity index is 1100. The first-order valence-electron chi connectivity index (χ1n) is 12.1. The van der Waals surface area contributed by atoms with E-state index in [1.54, 1.807) is 24.2 Å². The number of fused-ring (bicyclic) bond motifs is 1. The zero-order valence-electron chi connectivity index (χ0n) is 20.1. The Labute approximate surface area is 203 Å². The summed E-state index contributed by atoms with van der Waals surface area (Å²) in [5.74, 6) is 1.60. The highest BCUT2D eigenvalue weighted by Crippen LogP contribution is 2.38. The SMILES string of the molecule is CCC(=O)NCC(=O)N1CC(N2CCc3c(-c4cnc(N)nc4)nc(N4CCOC[C@@H]4C)nc32)C1. The number of nitrogens with two attached hydrogens (primary N) is 1. The average Bonchev–Trinajstić information content (AvgIpc) is 3.25. The average molecular weight is 482 g/mol. The van der Waals surface area contributed by atoms with Gasteiger partial charge in [-0.15, -0.1) is 0 Å². The largest absolute Gasteiger partial charge is 0.377 e. The molecule has 0 radical (unpaired) electrons. The van der Waals surface area contributed by atoms with Crippen molar-refractivity contribution in [2.24, 2.45) is 0 Å². The first kappa shape index (κ1) is 23.2. The van der Waals surface area contributed by atoms with Crippen LogP contribution in [-0.4, -0.2) is 94.7 Å². The van der Waals surface area contributed by atoms with E-state index < -0.39 is 0 Å². The van der Waals surface area contributed by atoms with E-state index in [1.807, 2.05) is 0 Å². The van der Waals surface area contributed by atoms with E-state index in [4.69, 9.17) is 20.4 Å². The molecule has 12 nitrogen and oxygen atoms in total. The van der Waals surface area contributed by atoms with Crippen molar-refractivity contribution in [1.82, 2.24) is 30.2 Å². The second kappa shape index (κ2) is 9.61. The third kappa shape index (κ3) is 4.57. The van der Waals surface area contributed by atoms with Crippen LogP contribution in [0.2, 0.25) is 0 Å². The minimum Gasteiger partial charge on any atom is -0.377 e. The number of anilines is 3. The molecule has 1 atom stereocenters. The van der Waals surface area contributed by atoms with Crippen molar-refractivity contribution in [2.45, 2.75) is 38.8 Å². The molecule has 35 heavy (non-hydrogen) atoms. The number of nitrogens with zero attached hydrogens (tertiary/aromatic N) is 7. The fraction of sp³-hybridized carbons (Fsp3) is 0.565. The fourth-order valence-corrected chi connectivity index (χ4v) is 4.74. The Morgan fingerprint density at radius 2 is 1.94 bits per heavy atom. The molecule has 0 aromatic carbocycles. The standard InChI is InChI=1S/C23H31N9O3/c1-3-18(33)25-10-19(34)30-11-16(12-30)32-5-4-17-20(15-8-26-22(24)27-9-15)28-23(29-21(17)32)31-6-7-35-13-14(31)2/h8-9,14,16H,3-7,10-13H2,1-2H3,(H,25,33)(H2,24,26,27)/t14-/m0/s1. The van der Waals surface area contributed by atoms with Gasteiger partial charge in [-0.25, -0.2) is 15.0 Å². The number of nitrogen functional groups attached to an aromatic ring is 1. The third-order valence-corrected chi connectivity index (χ3v) is 6.83. The summed E-state index contributed by atoms with van der Waals surface area (Å²) in [6.45, 7) is 7.89. The molecule has 2 aromatic rings. The molecule has 0 saturated carbocycles. The molecule has 3 aliphatic rings. The van der Waals surface area contributed by atoms with Crippen molar-refractivity contribution < 1.29 is 14.3 Å². The third-order valence-electron chi connectivity index (χ3n) is 6.83. The van der Waals surface area contributed by atoms with E-state index in [9.17, 15) is 9.59 Å². The molecule has 5 heterocycles. The van der Waals surface area contributed by atoms with Crippen LogP contribution in [0.15, 0.2) is 12.4 Å². The van der Waals surface area contributed by atoms with E-state index in [0.29, 0.717) is 45.2 Å². The Morgan fingerprint density at radius 1 is 1.17 bits per heavy atom. The number of morpholine rings is 1. The Balaban J connectivity index is 1.40. The van der Waals surface area contributed by atoms with Crippen LogP contribution < -0.4 is 20.9 Å². The van der Waals surface area contributed by atoms with Gasteiger partial charge >= 0.3 is 0 Å². The van der Waals surface area contributed by atoms with Crippen molar-refractivity contribution >= 4 is 29.5 Å². The molecule has 3 aliphatic heterocycles. The van der Waals surface area contributed by atoms with Crippen LogP contribution in [0.1, 0.15) is 25.8 Å². The van der Waals surface area contributed by atoms with Gasteiger partial charge in [0.15, 0.2) is 0 Å². The summed E-state index contributed by atoms with van der Waals surface area (Å²) in [5.41, 5.74) is 8.40. The van der Waals surface area contributed by atoms with Gasteiger partial charge < -0.3 is 30.5 Å². The minimum atomic E-state index is -0.121. The van der Waals surface area contributed by atoms with E-state index >= 15 is 0 Å². The van der Waals surface area contributed by atoms with E-state index in [-0.39, 0.29) is 36.4 Å². The lowest BCUT2D eigenvalue weighted by Crippen LogP contribution is -2.62. The number of hydrogen-bond donors (Lipinski definition) is 2. The second-order valence-corrected chi connectivity index (χ2v) is 9.15. The van der Waals surface area contributed by atoms with Crippen molar-refractivity contribution in [2.75, 3.05) is 61.5 Å². The number of likely N-dealkylation sites (tertiary alicyclic amines) is 1. The molecule has 2 fully saturated rings. The molecular formula is C23H31N9O3. The summed E-state index contributed by atoms with van der Waals surface area (Å²) >= 11 is 0. The van der Waals surface area contributed by atoms with Gasteiger partial charge in [0.25, 0.3) is 0 Å². The van der Waals surface area contributed by atoms with Gasteiger partial charge in [-0.3, -0.25) is 9.59 Å². The predicted octanol–water partition coefficient (Wildman–Crippen LogP) is -0.160. The molecule has 0 bridgehead atoms. The van der Waals surface area contributed by atoms with Crippen LogP contribution >= 0.6 is 0 Å². The maximum absolute atomic E-state index is 12.4. The van der Waals surface area contributed by atoms with Gasteiger partial charge in [0.2, 0.25) is 23.7 Å². The van der Waals surface area contributed by atoms with Gasteiger partial charge in [0, 0.05) is 56.1 Å². The fourth-order valence-electron chi connectivity index (χ4n) is 4.74. The summed E-state index contributed by atoms with van der Waals surface area (Å²) in [6.07, 6.45) is 4.57. The second-order valence-electron chi connectivity index (χ2n) is 9.15. The maximum Gasteiger partial charge on any atom is 0.242 e. The van der Waals surface area contributed by atoms with E-state index in [1.165, 1.54) is 0 Å². The van der Waals surface area contributed by atoms with Crippen molar-refractivity contribution in [3.05, 3.63) is 18.0 Å². The number of aromatic nitrogens is 4. The van der Waals surface area contributed by atoms with Gasteiger partial charge in [0.05, 0.1) is 37.5 Å². The first-order chi connectivity index (χ1) is 16.9. The van der Waals surface area contributed by atoms with Crippen molar-refractivity contribution in [3.8, 4) is 11.3 Å². The summed E-state index contributed by atoms with van der Waals surface area (Å²) in [5, 5.41) is 2.66. The maximum atomic E-state index is 12.4. The Morgan fingerprint density at radius 3 is 2.66 bits per heavy atom. The number of hydrogen-bond acceptors (Lipinski definition) is 10. The normalized spacial score (nSPS) is 19.9. The molecule has 2 saturated heterocycles. The van der Waals surface area contributed by atoms with Gasteiger partial charge in [-0.1, -0.05) is 6.92 Å². The number of nitrogens with one attached hydrogen (secondary N) is 1. The summed E-state index contributed by atoms with van der Waals surface area (Å²) in [6, 6.07) is 0.324. The minimum absolute atomic E-state index is 0.0402. The van der Waals surface area contributed by atoms with Crippen LogP contribution in [0.4, 0.5) is 17.7 Å². The quantitative estimate of drug-likeness (QED) is 0.571. The Kier molecular flexibility index (Phi) is 6.37. The number of carbonyl (C=O) groups is 2. The molecule has 0 spiro atoms. The smallest absolute Gasteiger partial charge is 0.242 e. The Hall–Kier alpha value is -3.54. The summed E-state index contributed by atoms with van der Waals surface area (Å²) in [4.78, 5) is 48.5. The van der Waals surface area contributed by atoms with E-state index in [0.717, 1.165) is 35.6 Å². The van der Waals surface area contributed by atoms with Crippen molar-refractivity contribution in [1.29, 1.82) is 0 Å². The molecule has 2 amide bonds. The van der Waals surface area contributed by atoms with Crippen LogP contribution in [0.5, 0.6) is 0 Å². The van der Waals surface area contributed by atoms with Crippen LogP contribution in [-0.2, 0) is 20.7 Å². The number of amides is 2. The molecular weight excluding hydrogens is 450 g/mol. The van der Waals surface area contributed by atoms with Crippen LogP contribution in [0.3, 0.4) is 0 Å². The molecule has 3 N–H and O–H groups in total. The predicted molar refractivity (Wildman–Crippen MR) is 130 cm³/mol. The number of rotatable bonds is 6. The lowest BCUT2D eigenvalue weighted by Gasteiger charge is -2.44. The molecule has 0 aliphatic carbocycles. The summed E-state index contributed by atoms with van der Waals surface area (Å²) < 4.78 is 5.61.